The van der Waals surface area contributed by atoms with Crippen LogP contribution < -0.4 is 10.2 Å². The normalized spacial score (nSPS) is 10.7. The summed E-state index contributed by atoms with van der Waals surface area (Å²) in [7, 11) is 0. The summed E-state index contributed by atoms with van der Waals surface area (Å²) in [6, 6.07) is 0. The minimum Gasteiger partial charge on any atom is -0.309 e. The molecule has 2 rings (SSSR count). The van der Waals surface area contributed by atoms with Gasteiger partial charge in [-0.2, -0.15) is 0 Å². The second kappa shape index (κ2) is 7.11. The molecule has 0 bridgehead atoms. The van der Waals surface area contributed by atoms with Crippen LogP contribution in [0.2, 0.25) is 0 Å². The first-order chi connectivity index (χ1) is 9.70. The van der Waals surface area contributed by atoms with Crippen LogP contribution in [0.4, 0.5) is 5.13 Å². The Bertz CT molecular complexity index is 538. The predicted molar refractivity (Wildman–Crippen MR) is 77.5 cm³/mol. The van der Waals surface area contributed by atoms with Crippen molar-refractivity contribution in [2.45, 2.75) is 26.9 Å². The Morgan fingerprint density at radius 1 is 1.55 bits per heavy atom. The van der Waals surface area contributed by atoms with Gasteiger partial charge in [-0.1, -0.05) is 5.21 Å². The van der Waals surface area contributed by atoms with Crippen LogP contribution in [0.3, 0.4) is 0 Å². The molecule has 0 unspecified atom stereocenters. The maximum absolute atomic E-state index is 11.4. The zero-order chi connectivity index (χ0) is 14.4. The van der Waals surface area contributed by atoms with E-state index >= 15 is 0 Å². The summed E-state index contributed by atoms with van der Waals surface area (Å²) in [5.74, 6) is 0.0209. The van der Waals surface area contributed by atoms with E-state index in [1.807, 2.05) is 18.5 Å². The number of carbonyl (C=O) groups excluding carboxylic acids is 1. The molecule has 2 aromatic heterocycles. The molecule has 0 saturated heterocycles. The van der Waals surface area contributed by atoms with Crippen LogP contribution in [0.25, 0.3) is 0 Å². The first-order valence-electron chi connectivity index (χ1n) is 6.48. The van der Waals surface area contributed by atoms with E-state index in [-0.39, 0.29) is 5.91 Å². The molecule has 0 aliphatic carbocycles. The van der Waals surface area contributed by atoms with E-state index in [1.54, 1.807) is 22.7 Å². The summed E-state index contributed by atoms with van der Waals surface area (Å²) >= 11 is 1.49. The topological polar surface area (TPSA) is 75.9 Å². The highest BCUT2D eigenvalue weighted by atomic mass is 32.1. The molecule has 1 amide bonds. The number of hydrogen-bond donors (Lipinski definition) is 1. The first kappa shape index (κ1) is 14.6. The van der Waals surface area contributed by atoms with E-state index in [1.165, 1.54) is 11.3 Å². The molecule has 0 aliphatic rings. The first-order valence-corrected chi connectivity index (χ1v) is 7.36. The van der Waals surface area contributed by atoms with Crippen molar-refractivity contribution in [2.24, 2.45) is 0 Å². The second-order valence-corrected chi connectivity index (χ2v) is 5.06. The van der Waals surface area contributed by atoms with Gasteiger partial charge in [0.1, 0.15) is 0 Å². The summed E-state index contributed by atoms with van der Waals surface area (Å²) in [5.41, 5.74) is 0.947. The molecule has 0 spiro atoms. The lowest BCUT2D eigenvalue weighted by Gasteiger charge is -2.14. The number of aromatic nitrogens is 4. The Hall–Kier alpha value is -1.80. The molecule has 0 aliphatic heterocycles. The van der Waals surface area contributed by atoms with E-state index < -0.39 is 0 Å². The number of nitrogens with zero attached hydrogens (tertiary/aromatic N) is 5. The highest BCUT2D eigenvalue weighted by Crippen LogP contribution is 2.20. The van der Waals surface area contributed by atoms with Crippen LogP contribution in [0.15, 0.2) is 17.8 Å². The van der Waals surface area contributed by atoms with Crippen molar-refractivity contribution < 1.29 is 4.79 Å². The molecular formula is C12H18N6OS. The predicted octanol–water partition coefficient (Wildman–Crippen LogP) is 0.897. The van der Waals surface area contributed by atoms with Crippen LogP contribution in [0.5, 0.6) is 0 Å². The van der Waals surface area contributed by atoms with Gasteiger partial charge in [0.05, 0.1) is 18.4 Å². The van der Waals surface area contributed by atoms with Crippen LogP contribution in [-0.2, 0) is 17.9 Å². The maximum Gasteiger partial charge on any atom is 0.225 e. The maximum atomic E-state index is 11.4. The summed E-state index contributed by atoms with van der Waals surface area (Å²) in [6.45, 7) is 6.38. The van der Waals surface area contributed by atoms with Gasteiger partial charge in [-0.05, 0) is 6.92 Å². The van der Waals surface area contributed by atoms with E-state index in [9.17, 15) is 4.79 Å². The summed E-state index contributed by atoms with van der Waals surface area (Å²) in [6.07, 6.45) is 3.49. The van der Waals surface area contributed by atoms with E-state index in [0.29, 0.717) is 13.1 Å². The third-order valence-electron chi connectivity index (χ3n) is 2.76. The lowest BCUT2D eigenvalue weighted by molar-refractivity contribution is -0.116. The molecule has 0 fully saturated rings. The third kappa shape index (κ3) is 3.84. The van der Waals surface area contributed by atoms with Crippen molar-refractivity contribution in [3.05, 3.63) is 23.5 Å². The number of nitrogens with one attached hydrogen (secondary N) is 1. The summed E-state index contributed by atoms with van der Waals surface area (Å²) in [4.78, 5) is 17.6. The fourth-order valence-electron chi connectivity index (χ4n) is 1.76. The van der Waals surface area contributed by atoms with Gasteiger partial charge in [-0.15, -0.1) is 16.4 Å². The van der Waals surface area contributed by atoms with Crippen molar-refractivity contribution in [1.29, 1.82) is 0 Å². The zero-order valence-electron chi connectivity index (χ0n) is 11.6. The van der Waals surface area contributed by atoms with E-state index in [0.717, 1.165) is 23.9 Å². The Labute approximate surface area is 121 Å². The minimum atomic E-state index is 0.0209. The van der Waals surface area contributed by atoms with Crippen LogP contribution in [-0.4, -0.2) is 39.0 Å². The van der Waals surface area contributed by atoms with Gasteiger partial charge in [0, 0.05) is 38.1 Å². The van der Waals surface area contributed by atoms with Crippen molar-refractivity contribution in [3.63, 3.8) is 0 Å². The minimum absolute atomic E-state index is 0.0209. The SMILES string of the molecule is CCN(C(C)=O)c1nc(CNCCn2ccnn2)cs1. The van der Waals surface area contributed by atoms with Gasteiger partial charge in [-0.3, -0.25) is 14.4 Å². The van der Waals surface area contributed by atoms with Gasteiger partial charge in [0.25, 0.3) is 0 Å². The smallest absolute Gasteiger partial charge is 0.225 e. The van der Waals surface area contributed by atoms with Crippen LogP contribution >= 0.6 is 11.3 Å². The van der Waals surface area contributed by atoms with Crippen molar-refractivity contribution in [2.75, 3.05) is 18.0 Å². The lowest BCUT2D eigenvalue weighted by Crippen LogP contribution is -2.27. The molecule has 108 valence electrons. The van der Waals surface area contributed by atoms with Crippen LogP contribution in [0.1, 0.15) is 19.5 Å². The Morgan fingerprint density at radius 2 is 2.40 bits per heavy atom. The molecular weight excluding hydrogens is 276 g/mol. The third-order valence-corrected chi connectivity index (χ3v) is 3.68. The van der Waals surface area contributed by atoms with E-state index in [4.69, 9.17) is 0 Å². The Balaban J connectivity index is 1.79. The molecule has 2 aromatic rings. The number of anilines is 1. The number of thiazole rings is 1. The van der Waals surface area contributed by atoms with Crippen LogP contribution in [0, 0.1) is 0 Å². The lowest BCUT2D eigenvalue weighted by atomic mass is 10.4. The number of amides is 1. The Kier molecular flexibility index (Phi) is 5.19. The monoisotopic (exact) mass is 294 g/mol. The zero-order valence-corrected chi connectivity index (χ0v) is 12.4. The Morgan fingerprint density at radius 3 is 3.05 bits per heavy atom. The average molecular weight is 294 g/mol. The standard InChI is InChI=1S/C12H18N6OS/c1-3-18(10(2)19)12-15-11(9-20-12)8-13-4-6-17-7-5-14-16-17/h5,7,9,13H,3-4,6,8H2,1-2H3. The van der Waals surface area contributed by atoms with E-state index in [2.05, 4.69) is 20.6 Å². The highest BCUT2D eigenvalue weighted by molar-refractivity contribution is 7.14. The van der Waals surface area contributed by atoms with Crippen molar-refractivity contribution >= 4 is 22.4 Å². The highest BCUT2D eigenvalue weighted by Gasteiger charge is 2.12. The number of rotatable bonds is 7. The molecule has 0 saturated carbocycles. The fourth-order valence-corrected chi connectivity index (χ4v) is 2.69. The van der Waals surface area contributed by atoms with Gasteiger partial charge in [0.15, 0.2) is 5.13 Å². The largest absolute Gasteiger partial charge is 0.309 e. The molecule has 7 nitrogen and oxygen atoms in total. The van der Waals surface area contributed by atoms with Gasteiger partial charge >= 0.3 is 0 Å². The molecule has 8 heteroatoms. The molecule has 0 atom stereocenters. The molecule has 0 radical (unpaired) electrons. The molecule has 1 N–H and O–H groups in total. The van der Waals surface area contributed by atoms with Crippen molar-refractivity contribution in [1.82, 2.24) is 25.3 Å². The molecule has 0 aromatic carbocycles. The average Bonchev–Trinajstić information content (AvgIpc) is 3.06. The quantitative estimate of drug-likeness (QED) is 0.768. The second-order valence-electron chi connectivity index (χ2n) is 4.23. The van der Waals surface area contributed by atoms with Crippen molar-refractivity contribution in [3.8, 4) is 0 Å². The summed E-state index contributed by atoms with van der Waals surface area (Å²) < 4.78 is 1.77. The van der Waals surface area contributed by atoms with Gasteiger partial charge in [0.2, 0.25) is 5.91 Å². The van der Waals surface area contributed by atoms with Gasteiger partial charge < -0.3 is 5.32 Å². The number of hydrogen-bond acceptors (Lipinski definition) is 6. The molecule has 20 heavy (non-hydrogen) atoms. The van der Waals surface area contributed by atoms with Gasteiger partial charge in [-0.25, -0.2) is 4.98 Å². The summed E-state index contributed by atoms with van der Waals surface area (Å²) in [5, 5.41) is 13.7. The molecule has 2 heterocycles. The number of carbonyl (C=O) groups is 1. The fraction of sp³-hybridized carbons (Fsp3) is 0.500.